The minimum Gasteiger partial charge on any atom is -0.457 e. The third-order valence-corrected chi connectivity index (χ3v) is 7.98. The van der Waals surface area contributed by atoms with Crippen molar-refractivity contribution in [3.63, 3.8) is 0 Å². The van der Waals surface area contributed by atoms with Crippen LogP contribution in [0.15, 0.2) is 26.3 Å². The van der Waals surface area contributed by atoms with E-state index in [1.54, 1.807) is 0 Å². The zero-order chi connectivity index (χ0) is 47.6. The van der Waals surface area contributed by atoms with Gasteiger partial charge in [-0.3, -0.25) is 47.9 Å². The van der Waals surface area contributed by atoms with Crippen LogP contribution in [0.25, 0.3) is 0 Å². The Hall–Kier alpha value is -5.18. The maximum Gasteiger partial charge on any atom is 0.313 e. The number of ketones is 4. The fourth-order valence-electron chi connectivity index (χ4n) is 5.02. The van der Waals surface area contributed by atoms with Crippen LogP contribution in [0.1, 0.15) is 113 Å². The third-order valence-electron chi connectivity index (χ3n) is 7.98. The summed E-state index contributed by atoms with van der Waals surface area (Å²) >= 11 is 0. The lowest BCUT2D eigenvalue weighted by molar-refractivity contribution is -0.150. The molecular weight excluding hydrogens is 839 g/mol. The molecule has 0 radical (unpaired) electrons. The summed E-state index contributed by atoms with van der Waals surface area (Å²) in [6, 6.07) is -1.63. The van der Waals surface area contributed by atoms with Gasteiger partial charge in [0.25, 0.3) is 0 Å². The average Bonchev–Trinajstić information content (AvgIpc) is 3.21. The van der Waals surface area contributed by atoms with Crippen molar-refractivity contribution >= 4 is 58.6 Å². The lowest BCUT2D eigenvalue weighted by Gasteiger charge is -2.16. The number of nitrogens with two attached hydrogens (primary N) is 1. The molecule has 0 fully saturated rings. The van der Waals surface area contributed by atoms with Crippen molar-refractivity contribution in [2.24, 2.45) is 5.73 Å². The molecule has 64 heavy (non-hydrogen) atoms. The van der Waals surface area contributed by atoms with Crippen molar-refractivity contribution in [3.8, 4) is 0 Å². The molecule has 6 N–H and O–H groups in total. The number of ether oxygens (including phenoxy) is 5. The van der Waals surface area contributed by atoms with E-state index in [1.807, 2.05) is 0 Å². The fraction of sp³-hybridized carbons (Fsp3) is 0.682. The van der Waals surface area contributed by atoms with Gasteiger partial charge in [-0.15, -0.1) is 26.3 Å². The smallest absolute Gasteiger partial charge is 0.313 e. The largest absolute Gasteiger partial charge is 0.457 e. The van der Waals surface area contributed by atoms with Gasteiger partial charge in [-0.25, -0.2) is 0 Å². The van der Waals surface area contributed by atoms with E-state index in [-0.39, 0.29) is 97.1 Å². The summed E-state index contributed by atoms with van der Waals surface area (Å²) in [6.07, 6.45) is 2.77. The number of Topliss-reactive ketones (excluding diaryl/α,β-unsaturated/α-hetero) is 4. The summed E-state index contributed by atoms with van der Waals surface area (Å²) < 4.78 is 25.8. The van der Waals surface area contributed by atoms with Gasteiger partial charge in [0, 0.05) is 39.8 Å². The van der Waals surface area contributed by atoms with E-state index >= 15 is 0 Å². The maximum atomic E-state index is 12.2. The van der Waals surface area contributed by atoms with E-state index in [0.717, 1.165) is 0 Å². The maximum absolute atomic E-state index is 12.2. The van der Waals surface area contributed by atoms with Gasteiger partial charge in [-0.05, 0) is 32.6 Å². The van der Waals surface area contributed by atoms with E-state index in [0.29, 0.717) is 71.2 Å². The van der Waals surface area contributed by atoms with Crippen LogP contribution in [-0.4, -0.2) is 143 Å². The number of carbonyl (C=O) groups is 10. The molecule has 2 atom stereocenters. The van der Waals surface area contributed by atoms with Crippen LogP contribution in [0.5, 0.6) is 0 Å². The van der Waals surface area contributed by atoms with Crippen LogP contribution in [0.4, 0.5) is 0 Å². The average molecular weight is 918 g/mol. The highest BCUT2D eigenvalue weighted by atomic mass is 16.5. The molecule has 20 nitrogen and oxygen atoms in total. The number of carbonyl (C=O) groups excluding carboxylic acids is 10. The van der Waals surface area contributed by atoms with Crippen molar-refractivity contribution in [2.75, 3.05) is 72.6 Å². The van der Waals surface area contributed by atoms with Crippen LogP contribution >= 0.6 is 0 Å². The third kappa shape index (κ3) is 46.3. The summed E-state index contributed by atoms with van der Waals surface area (Å²) in [5.74, 6) is -4.48. The van der Waals surface area contributed by atoms with Crippen LogP contribution < -0.4 is 27.0 Å². The second kappa shape index (κ2) is 47.3. The Kier molecular flexibility index (Phi) is 50.2. The lowest BCUT2D eigenvalue weighted by Crippen LogP contribution is -2.45. The van der Waals surface area contributed by atoms with Crippen LogP contribution in [0.3, 0.4) is 0 Å². The number of rotatable bonds is 38. The first-order chi connectivity index (χ1) is 29.6. The van der Waals surface area contributed by atoms with Gasteiger partial charge < -0.3 is 50.7 Å². The molecule has 370 valence electrons. The molecule has 5 amide bonds. The highest BCUT2D eigenvalue weighted by Gasteiger charge is 2.20. The van der Waals surface area contributed by atoms with Crippen LogP contribution in [-0.2, 0) is 71.6 Å². The van der Waals surface area contributed by atoms with E-state index < -0.39 is 66.8 Å². The number of amides is 5. The van der Waals surface area contributed by atoms with Gasteiger partial charge in [-0.1, -0.05) is 40.5 Å². The van der Waals surface area contributed by atoms with Gasteiger partial charge in [0.2, 0.25) is 29.5 Å². The molecule has 0 aliphatic rings. The molecule has 0 aromatic rings. The van der Waals surface area contributed by atoms with Gasteiger partial charge in [0.15, 0.2) is 11.6 Å². The Bertz CT molecular complexity index is 1260. The van der Waals surface area contributed by atoms with E-state index in [9.17, 15) is 47.9 Å². The second-order valence-electron chi connectivity index (χ2n) is 13.4. The van der Waals surface area contributed by atoms with Gasteiger partial charge in [-0.2, -0.15) is 0 Å². The standard InChI is InChI=1S/C38H63N5O15.2C2H4.2CH4/c1-27(44)33(42-35(50)25-56-20-18-54-16-14-40-28(2)45)12-8-4-6-10-30(47)22-32(49)24-58-37(52)23-31(48)11-7-5-9-13-34(38(39)53)43-36(51)26-57-21-19-55-17-15-41-29(3)46;2*1-2;;/h33-34H,4-26H2,1-3H3,(H2,39,53)(H,40,45)(H,41,46)(H,42,50)(H,43,51);2*1-2H2;2*1H4. The number of hydrogen-bond acceptors (Lipinski definition) is 15. The first-order valence-corrected chi connectivity index (χ1v) is 20.5. The molecule has 0 aliphatic carbocycles. The van der Waals surface area contributed by atoms with Crippen molar-refractivity contribution in [3.05, 3.63) is 26.3 Å². The van der Waals surface area contributed by atoms with Crippen molar-refractivity contribution < 1.29 is 71.6 Å². The Morgan fingerprint density at radius 3 is 1.33 bits per heavy atom. The molecule has 0 bridgehead atoms. The molecule has 0 saturated carbocycles. The molecule has 0 saturated heterocycles. The molecule has 0 spiro atoms. The lowest BCUT2D eigenvalue weighted by atomic mass is 10.0. The zero-order valence-corrected chi connectivity index (χ0v) is 36.9. The highest BCUT2D eigenvalue weighted by molar-refractivity contribution is 6.01. The Morgan fingerprint density at radius 2 is 0.906 bits per heavy atom. The number of nitrogens with one attached hydrogen (secondary N) is 4. The second-order valence-corrected chi connectivity index (χ2v) is 13.4. The summed E-state index contributed by atoms with van der Waals surface area (Å²) in [5.41, 5.74) is 5.39. The first kappa shape index (κ1) is 67.9. The summed E-state index contributed by atoms with van der Waals surface area (Å²) in [5, 5.41) is 10.3. The monoisotopic (exact) mass is 918 g/mol. The molecule has 0 rings (SSSR count). The van der Waals surface area contributed by atoms with Gasteiger partial charge in [0.1, 0.15) is 43.8 Å². The normalized spacial score (nSPS) is 10.8. The minimum atomic E-state index is -0.925. The topological polar surface area (TPSA) is 291 Å². The van der Waals surface area contributed by atoms with E-state index in [2.05, 4.69) is 47.6 Å². The molecular formula is C44H79N5O15. The van der Waals surface area contributed by atoms with Gasteiger partial charge >= 0.3 is 5.97 Å². The highest BCUT2D eigenvalue weighted by Crippen LogP contribution is 2.10. The number of hydrogen-bond donors (Lipinski definition) is 5. The zero-order valence-electron chi connectivity index (χ0n) is 36.9. The summed E-state index contributed by atoms with van der Waals surface area (Å²) in [4.78, 5) is 118. The predicted octanol–water partition coefficient (Wildman–Crippen LogP) is 2.18. The number of primary amides is 1. The number of esters is 1. The molecule has 0 aromatic carbocycles. The summed E-state index contributed by atoms with van der Waals surface area (Å²) in [7, 11) is 0. The first-order valence-electron chi connectivity index (χ1n) is 20.5. The quantitative estimate of drug-likeness (QED) is 0.0257. The minimum absolute atomic E-state index is 0. The molecule has 2 unspecified atom stereocenters. The van der Waals surface area contributed by atoms with Crippen molar-refractivity contribution in [2.45, 2.75) is 125 Å². The summed E-state index contributed by atoms with van der Waals surface area (Å²) in [6.45, 7) is 17.1. The molecule has 0 heterocycles. The van der Waals surface area contributed by atoms with E-state index in [1.165, 1.54) is 20.8 Å². The SMILES string of the molecule is C.C.C=C.C=C.CC(=O)NCCOCCOCC(=O)NC(CCCCCC(=O)CC(=O)COC(=O)CC(=O)CCCCCC(NC(=O)COCCOCCNC(C)=O)C(N)=O)C(C)=O. The molecule has 0 aromatic heterocycles. The van der Waals surface area contributed by atoms with Crippen LogP contribution in [0.2, 0.25) is 0 Å². The molecule has 20 heteroatoms. The van der Waals surface area contributed by atoms with Gasteiger partial charge in [0.05, 0.1) is 52.1 Å². The van der Waals surface area contributed by atoms with Crippen LogP contribution in [0, 0.1) is 0 Å². The van der Waals surface area contributed by atoms with Crippen molar-refractivity contribution in [1.82, 2.24) is 21.3 Å². The van der Waals surface area contributed by atoms with Crippen molar-refractivity contribution in [1.29, 1.82) is 0 Å². The molecule has 0 aliphatic heterocycles. The van der Waals surface area contributed by atoms with E-state index in [4.69, 9.17) is 29.4 Å². The Morgan fingerprint density at radius 1 is 0.500 bits per heavy atom. The fourth-order valence-corrected chi connectivity index (χ4v) is 5.02. The number of unbranched alkanes of at least 4 members (excludes halogenated alkanes) is 4. The Labute approximate surface area is 380 Å². The predicted molar refractivity (Wildman–Crippen MR) is 242 cm³/mol. The Balaban J connectivity index is -0.00000187.